The molecule has 0 aliphatic carbocycles. The van der Waals surface area contributed by atoms with E-state index >= 15 is 0 Å². The van der Waals surface area contributed by atoms with Crippen molar-refractivity contribution in [1.29, 1.82) is 0 Å². The Balaban J connectivity index is 2.48. The number of hydrogen-bond acceptors (Lipinski definition) is 2. The largest absolute Gasteiger partial charge is 0.478 e. The lowest BCUT2D eigenvalue weighted by Crippen LogP contribution is -2.27. The van der Waals surface area contributed by atoms with Crippen molar-refractivity contribution in [2.45, 2.75) is 20.3 Å². The van der Waals surface area contributed by atoms with Crippen LogP contribution in [0.25, 0.3) is 0 Å². The number of benzene rings is 1. The molecule has 0 aliphatic rings. The zero-order chi connectivity index (χ0) is 13.5. The highest BCUT2D eigenvalue weighted by atomic mass is 16.4. The van der Waals surface area contributed by atoms with E-state index in [0.717, 1.165) is 12.0 Å². The molecule has 0 atom stereocenters. The Morgan fingerprint density at radius 1 is 1.11 bits per heavy atom. The first kappa shape index (κ1) is 14.0. The van der Waals surface area contributed by atoms with E-state index in [1.54, 1.807) is 0 Å². The van der Waals surface area contributed by atoms with E-state index in [-0.39, 0.29) is 17.1 Å². The molecular weight excluding hydrogens is 230 g/mol. The molecule has 1 rings (SSSR count). The fourth-order valence-electron chi connectivity index (χ4n) is 1.43. The first-order valence-corrected chi connectivity index (χ1v) is 5.75. The van der Waals surface area contributed by atoms with Crippen LogP contribution in [0.2, 0.25) is 0 Å². The van der Waals surface area contributed by atoms with Crippen molar-refractivity contribution in [2.24, 2.45) is 0 Å². The Labute approximate surface area is 106 Å². The van der Waals surface area contributed by atoms with Gasteiger partial charge in [0.1, 0.15) is 0 Å². The lowest BCUT2D eigenvalue weighted by molar-refractivity contribution is -0.133. The van der Waals surface area contributed by atoms with Gasteiger partial charge in [-0.3, -0.25) is 4.79 Å². The van der Waals surface area contributed by atoms with Gasteiger partial charge in [-0.2, -0.15) is 0 Å². The maximum absolute atomic E-state index is 11.6. The molecule has 0 aliphatic heterocycles. The van der Waals surface area contributed by atoms with Gasteiger partial charge in [-0.05, 0) is 25.8 Å². The summed E-state index contributed by atoms with van der Waals surface area (Å²) in [6.07, 6.45) is 0.728. The quantitative estimate of drug-likeness (QED) is 0.779. The van der Waals surface area contributed by atoms with Crippen molar-refractivity contribution in [3.05, 3.63) is 47.0 Å². The fourth-order valence-corrected chi connectivity index (χ4v) is 1.43. The summed E-state index contributed by atoms with van der Waals surface area (Å²) in [5.41, 5.74) is 1.46. The zero-order valence-electron chi connectivity index (χ0n) is 10.6. The average Bonchev–Trinajstić information content (AvgIpc) is 2.38. The molecule has 18 heavy (non-hydrogen) atoms. The zero-order valence-corrected chi connectivity index (χ0v) is 10.6. The van der Waals surface area contributed by atoms with E-state index < -0.39 is 5.97 Å². The number of nitrogens with one attached hydrogen (secondary N) is 1. The van der Waals surface area contributed by atoms with Gasteiger partial charge in [-0.25, -0.2) is 4.79 Å². The van der Waals surface area contributed by atoms with E-state index in [1.807, 2.05) is 30.3 Å². The summed E-state index contributed by atoms with van der Waals surface area (Å²) in [5, 5.41) is 11.5. The summed E-state index contributed by atoms with van der Waals surface area (Å²) in [7, 11) is 0. The predicted octanol–water partition coefficient (Wildman–Crippen LogP) is 1.77. The van der Waals surface area contributed by atoms with Crippen LogP contribution in [0.1, 0.15) is 19.4 Å². The van der Waals surface area contributed by atoms with Crippen LogP contribution in [0.4, 0.5) is 0 Å². The van der Waals surface area contributed by atoms with Crippen LogP contribution in [0, 0.1) is 0 Å². The summed E-state index contributed by atoms with van der Waals surface area (Å²) in [6.45, 7) is 3.43. The molecule has 0 radical (unpaired) electrons. The van der Waals surface area contributed by atoms with Crippen molar-refractivity contribution < 1.29 is 14.7 Å². The molecular formula is C14H17NO3. The molecule has 1 aromatic carbocycles. The lowest BCUT2D eigenvalue weighted by Gasteiger charge is -2.07. The highest BCUT2D eigenvalue weighted by Crippen LogP contribution is 2.04. The Bertz CT molecular complexity index is 463. The molecule has 4 nitrogen and oxygen atoms in total. The molecule has 1 amide bonds. The number of carbonyl (C=O) groups is 2. The first-order chi connectivity index (χ1) is 8.52. The van der Waals surface area contributed by atoms with Gasteiger partial charge in [-0.1, -0.05) is 30.3 Å². The van der Waals surface area contributed by atoms with Gasteiger partial charge in [0.25, 0.3) is 0 Å². The van der Waals surface area contributed by atoms with Crippen LogP contribution in [0.15, 0.2) is 41.5 Å². The first-order valence-electron chi connectivity index (χ1n) is 5.75. The van der Waals surface area contributed by atoms with Crippen LogP contribution >= 0.6 is 0 Å². The van der Waals surface area contributed by atoms with Gasteiger partial charge in [0.15, 0.2) is 0 Å². The molecule has 96 valence electrons. The number of carboxylic acids is 1. The highest BCUT2D eigenvalue weighted by Gasteiger charge is 2.11. The van der Waals surface area contributed by atoms with Crippen molar-refractivity contribution >= 4 is 11.9 Å². The molecule has 1 aromatic rings. The monoisotopic (exact) mass is 247 g/mol. The van der Waals surface area contributed by atoms with E-state index in [2.05, 4.69) is 5.32 Å². The third-order valence-corrected chi connectivity index (χ3v) is 2.77. The second-order valence-electron chi connectivity index (χ2n) is 4.05. The third-order valence-electron chi connectivity index (χ3n) is 2.77. The summed E-state index contributed by atoms with van der Waals surface area (Å²) in [5.74, 6) is -1.39. The number of aliphatic carboxylic acids is 1. The minimum absolute atomic E-state index is 0.0761. The van der Waals surface area contributed by atoms with Crippen molar-refractivity contribution in [3.63, 3.8) is 0 Å². The minimum atomic E-state index is -1.06. The molecule has 0 heterocycles. The number of carbonyl (C=O) groups excluding carboxylic acids is 1. The second-order valence-corrected chi connectivity index (χ2v) is 4.05. The standard InChI is InChI=1S/C14H17NO3/c1-10(11(2)14(17)18)13(16)15-9-8-12-6-4-3-5-7-12/h3-7H,8-9H2,1-2H3,(H,15,16)(H,17,18). The lowest BCUT2D eigenvalue weighted by atomic mass is 10.1. The molecule has 0 bridgehead atoms. The van der Waals surface area contributed by atoms with E-state index in [0.29, 0.717) is 6.54 Å². The third kappa shape index (κ3) is 4.05. The number of carboxylic acid groups (broad SMARTS) is 1. The maximum Gasteiger partial charge on any atom is 0.331 e. The maximum atomic E-state index is 11.6. The Morgan fingerprint density at radius 3 is 2.28 bits per heavy atom. The van der Waals surface area contributed by atoms with Crippen molar-refractivity contribution in [3.8, 4) is 0 Å². The van der Waals surface area contributed by atoms with E-state index in [1.165, 1.54) is 13.8 Å². The summed E-state index contributed by atoms with van der Waals surface area (Å²) in [6, 6.07) is 9.79. The topological polar surface area (TPSA) is 66.4 Å². The van der Waals surface area contributed by atoms with Crippen LogP contribution in [0.5, 0.6) is 0 Å². The molecule has 4 heteroatoms. The normalized spacial score (nSPS) is 11.7. The van der Waals surface area contributed by atoms with Gasteiger partial charge in [0, 0.05) is 17.7 Å². The molecule has 0 saturated heterocycles. The predicted molar refractivity (Wildman–Crippen MR) is 69.2 cm³/mol. The smallest absolute Gasteiger partial charge is 0.331 e. The Hall–Kier alpha value is -2.10. The second kappa shape index (κ2) is 6.59. The number of amides is 1. The highest BCUT2D eigenvalue weighted by molar-refractivity contribution is 6.01. The number of rotatable bonds is 5. The van der Waals surface area contributed by atoms with Crippen LogP contribution in [-0.2, 0) is 16.0 Å². The minimum Gasteiger partial charge on any atom is -0.478 e. The van der Waals surface area contributed by atoms with E-state index in [9.17, 15) is 9.59 Å². The summed E-state index contributed by atoms with van der Waals surface area (Å²) < 4.78 is 0. The SMILES string of the molecule is CC(C(=O)O)=C(C)C(=O)NCCc1ccccc1. The molecule has 0 fully saturated rings. The van der Waals surface area contributed by atoms with E-state index in [4.69, 9.17) is 5.11 Å². The van der Waals surface area contributed by atoms with Gasteiger partial charge in [-0.15, -0.1) is 0 Å². The molecule has 2 N–H and O–H groups in total. The number of hydrogen-bond donors (Lipinski definition) is 2. The van der Waals surface area contributed by atoms with Crippen molar-refractivity contribution in [1.82, 2.24) is 5.32 Å². The van der Waals surface area contributed by atoms with Gasteiger partial charge < -0.3 is 10.4 Å². The Kier molecular flexibility index (Phi) is 5.11. The van der Waals surface area contributed by atoms with Crippen LogP contribution in [-0.4, -0.2) is 23.5 Å². The Morgan fingerprint density at radius 2 is 1.72 bits per heavy atom. The summed E-state index contributed by atoms with van der Waals surface area (Å²) >= 11 is 0. The van der Waals surface area contributed by atoms with Gasteiger partial charge in [0.05, 0.1) is 0 Å². The van der Waals surface area contributed by atoms with Crippen LogP contribution < -0.4 is 5.32 Å². The molecule has 0 unspecified atom stereocenters. The molecule has 0 saturated carbocycles. The molecule has 0 aromatic heterocycles. The van der Waals surface area contributed by atoms with Crippen LogP contribution in [0.3, 0.4) is 0 Å². The van der Waals surface area contributed by atoms with Gasteiger partial charge >= 0.3 is 5.97 Å². The fraction of sp³-hybridized carbons (Fsp3) is 0.286. The molecule has 0 spiro atoms. The average molecular weight is 247 g/mol. The summed E-state index contributed by atoms with van der Waals surface area (Å²) in [4.78, 5) is 22.3. The van der Waals surface area contributed by atoms with Gasteiger partial charge in [0.2, 0.25) is 5.91 Å². The van der Waals surface area contributed by atoms with Crippen molar-refractivity contribution in [2.75, 3.05) is 6.54 Å².